The number of carbonyl (C=O) groups is 1. The van der Waals surface area contributed by atoms with Crippen molar-refractivity contribution in [2.24, 2.45) is 0 Å². The third-order valence-electron chi connectivity index (χ3n) is 2.96. The van der Waals surface area contributed by atoms with Crippen molar-refractivity contribution in [2.75, 3.05) is 6.61 Å². The van der Waals surface area contributed by atoms with Gasteiger partial charge in [0.1, 0.15) is 5.75 Å². The Morgan fingerprint density at radius 2 is 2.11 bits per heavy atom. The molecule has 0 saturated heterocycles. The summed E-state index contributed by atoms with van der Waals surface area (Å²) in [6.45, 7) is 1.98. The molecule has 0 heterocycles. The molecule has 2 rings (SSSR count). The molecule has 0 unspecified atom stereocenters. The predicted octanol–water partition coefficient (Wildman–Crippen LogP) is 1.79. The molecule has 0 aliphatic heterocycles. The third kappa shape index (κ3) is 3.74. The lowest BCUT2D eigenvalue weighted by Gasteiger charge is -2.10. The van der Waals surface area contributed by atoms with E-state index < -0.39 is 6.10 Å². The molecule has 0 bridgehead atoms. The van der Waals surface area contributed by atoms with Gasteiger partial charge < -0.3 is 15.2 Å². The van der Waals surface area contributed by atoms with Gasteiger partial charge in [0, 0.05) is 6.04 Å². The van der Waals surface area contributed by atoms with Crippen LogP contribution in [0.2, 0.25) is 0 Å². The number of nitrogens with one attached hydrogen (secondary N) is 1. The summed E-state index contributed by atoms with van der Waals surface area (Å²) in [5.74, 6) is 0.572. The number of aliphatic hydroxyl groups is 1. The molecule has 1 amide bonds. The van der Waals surface area contributed by atoms with E-state index in [9.17, 15) is 9.90 Å². The highest BCUT2D eigenvalue weighted by molar-refractivity contribution is 5.78. The van der Waals surface area contributed by atoms with Gasteiger partial charge in [0.25, 0.3) is 5.91 Å². The van der Waals surface area contributed by atoms with Crippen molar-refractivity contribution < 1.29 is 14.6 Å². The summed E-state index contributed by atoms with van der Waals surface area (Å²) in [6, 6.07) is 7.56. The summed E-state index contributed by atoms with van der Waals surface area (Å²) in [5.41, 5.74) is 0.868. The van der Waals surface area contributed by atoms with E-state index in [4.69, 9.17) is 4.74 Å². The van der Waals surface area contributed by atoms with Crippen molar-refractivity contribution in [3.63, 3.8) is 0 Å². The number of rotatable bonds is 6. The number of ether oxygens (including phenoxy) is 1. The van der Waals surface area contributed by atoms with E-state index in [1.807, 2.05) is 19.1 Å². The topological polar surface area (TPSA) is 58.6 Å². The van der Waals surface area contributed by atoms with E-state index in [2.05, 4.69) is 5.32 Å². The smallest absolute Gasteiger partial charge is 0.258 e. The molecule has 18 heavy (non-hydrogen) atoms. The van der Waals surface area contributed by atoms with Crippen LogP contribution in [0.15, 0.2) is 24.3 Å². The minimum atomic E-state index is -0.433. The maximum atomic E-state index is 11.4. The lowest BCUT2D eigenvalue weighted by Crippen LogP contribution is -2.30. The van der Waals surface area contributed by atoms with Crippen LogP contribution in [0.4, 0.5) is 0 Å². The fraction of sp³-hybridized carbons (Fsp3) is 0.500. The van der Waals surface area contributed by atoms with E-state index in [0.29, 0.717) is 18.2 Å². The molecular weight excluding hydrogens is 230 g/mol. The number of benzene rings is 1. The molecule has 1 fully saturated rings. The Hall–Kier alpha value is -1.55. The molecule has 1 aliphatic rings. The predicted molar refractivity (Wildman–Crippen MR) is 68.4 cm³/mol. The Morgan fingerprint density at radius 3 is 2.67 bits per heavy atom. The minimum absolute atomic E-state index is 0.0478. The zero-order valence-corrected chi connectivity index (χ0v) is 10.6. The van der Waals surface area contributed by atoms with Crippen molar-refractivity contribution in [3.8, 4) is 5.75 Å². The first kappa shape index (κ1) is 12.9. The second kappa shape index (κ2) is 5.87. The summed E-state index contributed by atoms with van der Waals surface area (Å²) in [5, 5.41) is 12.5. The normalized spacial score (nSPS) is 16.1. The van der Waals surface area contributed by atoms with Crippen LogP contribution in [-0.4, -0.2) is 23.7 Å². The molecule has 2 N–H and O–H groups in total. The summed E-state index contributed by atoms with van der Waals surface area (Å²) in [4.78, 5) is 11.4. The molecule has 0 spiro atoms. The maximum absolute atomic E-state index is 11.4. The first-order valence-corrected chi connectivity index (χ1v) is 6.39. The average molecular weight is 249 g/mol. The Balaban J connectivity index is 1.80. The first-order valence-electron chi connectivity index (χ1n) is 6.39. The summed E-state index contributed by atoms with van der Waals surface area (Å²) in [7, 11) is 0. The van der Waals surface area contributed by atoms with Gasteiger partial charge >= 0.3 is 0 Å². The van der Waals surface area contributed by atoms with Crippen LogP contribution < -0.4 is 10.1 Å². The average Bonchev–Trinajstić information content (AvgIpc) is 3.20. The van der Waals surface area contributed by atoms with Gasteiger partial charge in [-0.3, -0.25) is 4.79 Å². The number of aliphatic hydroxyl groups excluding tert-OH is 1. The molecule has 1 saturated carbocycles. The maximum Gasteiger partial charge on any atom is 0.258 e. The van der Waals surface area contributed by atoms with E-state index in [0.717, 1.165) is 18.4 Å². The Morgan fingerprint density at radius 1 is 1.44 bits per heavy atom. The highest BCUT2D eigenvalue weighted by Gasteiger charge is 2.23. The van der Waals surface area contributed by atoms with Crippen LogP contribution >= 0.6 is 0 Å². The molecule has 4 nitrogen and oxygen atoms in total. The second-order valence-electron chi connectivity index (χ2n) is 4.62. The molecule has 0 aromatic heterocycles. The first-order chi connectivity index (χ1) is 8.69. The van der Waals surface area contributed by atoms with E-state index in [-0.39, 0.29) is 12.5 Å². The van der Waals surface area contributed by atoms with Crippen LogP contribution in [0.25, 0.3) is 0 Å². The zero-order valence-electron chi connectivity index (χ0n) is 10.6. The van der Waals surface area contributed by atoms with Crippen LogP contribution in [0.5, 0.6) is 5.75 Å². The van der Waals surface area contributed by atoms with Gasteiger partial charge in [-0.25, -0.2) is 0 Å². The summed E-state index contributed by atoms with van der Waals surface area (Å²) >= 11 is 0. The standard InChI is InChI=1S/C14H19NO3/c1-2-13(16)10-3-7-12(8-4-10)18-9-14(17)15-11-5-6-11/h3-4,7-8,11,13,16H,2,5-6,9H2,1H3,(H,15,17)/t13-/m1/s1. The molecular formula is C14H19NO3. The quantitative estimate of drug-likeness (QED) is 0.808. The van der Waals surface area contributed by atoms with Crippen LogP contribution in [-0.2, 0) is 4.79 Å². The van der Waals surface area contributed by atoms with Gasteiger partial charge in [0.2, 0.25) is 0 Å². The van der Waals surface area contributed by atoms with Gasteiger partial charge in [-0.2, -0.15) is 0 Å². The van der Waals surface area contributed by atoms with E-state index in [1.54, 1.807) is 12.1 Å². The molecule has 4 heteroatoms. The SMILES string of the molecule is CC[C@@H](O)c1ccc(OCC(=O)NC2CC2)cc1. The van der Waals surface area contributed by atoms with Gasteiger partial charge in [-0.05, 0) is 37.0 Å². The van der Waals surface area contributed by atoms with Gasteiger partial charge in [-0.1, -0.05) is 19.1 Å². The monoisotopic (exact) mass is 249 g/mol. The second-order valence-corrected chi connectivity index (χ2v) is 4.62. The molecule has 1 aromatic carbocycles. The lowest BCUT2D eigenvalue weighted by atomic mass is 10.1. The van der Waals surface area contributed by atoms with Crippen molar-refractivity contribution in [1.82, 2.24) is 5.32 Å². The summed E-state index contributed by atoms with van der Waals surface area (Å²) in [6.07, 6.45) is 2.41. The van der Waals surface area contributed by atoms with Crippen molar-refractivity contribution >= 4 is 5.91 Å². The van der Waals surface area contributed by atoms with Crippen LogP contribution in [0.3, 0.4) is 0 Å². The Bertz CT molecular complexity index is 398. The highest BCUT2D eigenvalue weighted by Crippen LogP contribution is 2.20. The third-order valence-corrected chi connectivity index (χ3v) is 2.96. The number of carbonyl (C=O) groups excluding carboxylic acids is 1. The summed E-state index contributed by atoms with van der Waals surface area (Å²) < 4.78 is 5.37. The molecule has 1 aromatic rings. The number of amides is 1. The van der Waals surface area contributed by atoms with Crippen molar-refractivity contribution in [2.45, 2.75) is 38.3 Å². The van der Waals surface area contributed by atoms with E-state index >= 15 is 0 Å². The van der Waals surface area contributed by atoms with Crippen LogP contribution in [0.1, 0.15) is 37.9 Å². The van der Waals surface area contributed by atoms with Crippen molar-refractivity contribution in [1.29, 1.82) is 0 Å². The minimum Gasteiger partial charge on any atom is -0.484 e. The van der Waals surface area contributed by atoms with E-state index in [1.165, 1.54) is 0 Å². The van der Waals surface area contributed by atoms with Gasteiger partial charge in [0.15, 0.2) is 6.61 Å². The molecule has 1 aliphatic carbocycles. The Kier molecular flexibility index (Phi) is 4.20. The lowest BCUT2D eigenvalue weighted by molar-refractivity contribution is -0.123. The fourth-order valence-electron chi connectivity index (χ4n) is 1.67. The van der Waals surface area contributed by atoms with Crippen molar-refractivity contribution in [3.05, 3.63) is 29.8 Å². The zero-order chi connectivity index (χ0) is 13.0. The molecule has 1 atom stereocenters. The van der Waals surface area contributed by atoms with Gasteiger partial charge in [0.05, 0.1) is 6.10 Å². The highest BCUT2D eigenvalue weighted by atomic mass is 16.5. The van der Waals surface area contributed by atoms with Gasteiger partial charge in [-0.15, -0.1) is 0 Å². The number of hydrogen-bond donors (Lipinski definition) is 2. The molecule has 0 radical (unpaired) electrons. The largest absolute Gasteiger partial charge is 0.484 e. The molecule has 98 valence electrons. The Labute approximate surface area is 107 Å². The number of hydrogen-bond acceptors (Lipinski definition) is 3. The fourth-order valence-corrected chi connectivity index (χ4v) is 1.67. The van der Waals surface area contributed by atoms with Crippen LogP contribution in [0, 0.1) is 0 Å².